The van der Waals surface area contributed by atoms with Crippen molar-refractivity contribution in [3.05, 3.63) is 65.7 Å². The van der Waals surface area contributed by atoms with E-state index in [1.54, 1.807) is 7.11 Å². The van der Waals surface area contributed by atoms with Gasteiger partial charge >= 0.3 is 0 Å². The van der Waals surface area contributed by atoms with Crippen molar-refractivity contribution in [3.8, 4) is 5.75 Å². The molecule has 1 saturated carbocycles. The van der Waals surface area contributed by atoms with Crippen molar-refractivity contribution < 1.29 is 4.74 Å². The van der Waals surface area contributed by atoms with Crippen LogP contribution >= 0.6 is 0 Å². The minimum Gasteiger partial charge on any atom is -0.497 e. The summed E-state index contributed by atoms with van der Waals surface area (Å²) < 4.78 is 5.17. The Hall–Kier alpha value is -1.76. The van der Waals surface area contributed by atoms with Gasteiger partial charge in [0.15, 0.2) is 0 Å². The van der Waals surface area contributed by atoms with Gasteiger partial charge in [0.2, 0.25) is 0 Å². The molecular formula is C16H15O. The molecule has 1 radical (unpaired) electrons. The number of benzene rings is 2. The molecule has 0 heterocycles. The normalized spacial score (nSPS) is 22.2. The number of rotatable bonds is 3. The quantitative estimate of drug-likeness (QED) is 0.769. The van der Waals surface area contributed by atoms with Gasteiger partial charge in [-0.25, -0.2) is 0 Å². The van der Waals surface area contributed by atoms with Gasteiger partial charge in [-0.3, -0.25) is 0 Å². The van der Waals surface area contributed by atoms with E-state index in [2.05, 4.69) is 30.3 Å². The molecule has 0 bridgehead atoms. The van der Waals surface area contributed by atoms with Crippen LogP contribution in [0.4, 0.5) is 0 Å². The van der Waals surface area contributed by atoms with Crippen LogP contribution in [0.25, 0.3) is 0 Å². The predicted octanol–water partition coefficient (Wildman–Crippen LogP) is 3.77. The van der Waals surface area contributed by atoms with Crippen LogP contribution in [-0.2, 0) is 0 Å². The van der Waals surface area contributed by atoms with Gasteiger partial charge in [-0.2, -0.15) is 0 Å². The zero-order valence-corrected chi connectivity index (χ0v) is 9.89. The molecule has 85 valence electrons. The standard InChI is InChI=1S/C16H15O/c1-17-14-9-7-13(8-10-14)16-11-15(16)12-5-3-2-4-6-12/h2-5,7-10,15-16H,11H2,1H3/t15-,16-/m0/s1. The van der Waals surface area contributed by atoms with Crippen LogP contribution in [0.2, 0.25) is 0 Å². The molecule has 1 aliphatic carbocycles. The first kappa shape index (κ1) is 10.4. The number of methoxy groups -OCH3 is 1. The molecule has 0 amide bonds. The lowest BCUT2D eigenvalue weighted by molar-refractivity contribution is 0.414. The minimum absolute atomic E-state index is 0.657. The molecule has 1 nitrogen and oxygen atoms in total. The SMILES string of the molecule is COc1ccc([C@@H]2C[C@H]2c2[c]cccc2)cc1. The van der Waals surface area contributed by atoms with Gasteiger partial charge in [0.1, 0.15) is 5.75 Å². The van der Waals surface area contributed by atoms with Crippen LogP contribution in [0.15, 0.2) is 48.5 Å². The Morgan fingerprint density at radius 2 is 1.88 bits per heavy atom. The molecule has 0 spiro atoms. The Kier molecular flexibility index (Phi) is 2.60. The molecule has 2 aromatic carbocycles. The molecule has 0 aliphatic heterocycles. The fourth-order valence-electron chi connectivity index (χ4n) is 2.40. The Morgan fingerprint density at radius 1 is 1.06 bits per heavy atom. The van der Waals surface area contributed by atoms with E-state index < -0.39 is 0 Å². The van der Waals surface area contributed by atoms with E-state index >= 15 is 0 Å². The molecular weight excluding hydrogens is 208 g/mol. The Labute approximate surface area is 102 Å². The minimum atomic E-state index is 0.657. The summed E-state index contributed by atoms with van der Waals surface area (Å²) in [7, 11) is 1.70. The van der Waals surface area contributed by atoms with Crippen molar-refractivity contribution in [2.75, 3.05) is 7.11 Å². The van der Waals surface area contributed by atoms with E-state index in [0.717, 1.165) is 5.75 Å². The molecule has 0 saturated heterocycles. The summed E-state index contributed by atoms with van der Waals surface area (Å²) in [4.78, 5) is 0. The molecule has 2 atom stereocenters. The first-order valence-corrected chi connectivity index (χ1v) is 5.99. The van der Waals surface area contributed by atoms with Gasteiger partial charge < -0.3 is 4.74 Å². The molecule has 3 rings (SSSR count). The highest BCUT2D eigenvalue weighted by Gasteiger charge is 2.39. The monoisotopic (exact) mass is 223 g/mol. The summed E-state index contributed by atoms with van der Waals surface area (Å²) in [5, 5.41) is 0. The van der Waals surface area contributed by atoms with Gasteiger partial charge in [-0.1, -0.05) is 36.4 Å². The summed E-state index contributed by atoms with van der Waals surface area (Å²) in [6.45, 7) is 0. The average molecular weight is 223 g/mol. The average Bonchev–Trinajstić information content (AvgIpc) is 3.20. The van der Waals surface area contributed by atoms with Crippen molar-refractivity contribution in [2.45, 2.75) is 18.3 Å². The van der Waals surface area contributed by atoms with Crippen LogP contribution in [0.3, 0.4) is 0 Å². The lowest BCUT2D eigenvalue weighted by Gasteiger charge is -2.03. The topological polar surface area (TPSA) is 9.23 Å². The van der Waals surface area contributed by atoms with Gasteiger partial charge in [-0.05, 0) is 47.6 Å². The van der Waals surface area contributed by atoms with Crippen molar-refractivity contribution in [1.29, 1.82) is 0 Å². The zero-order chi connectivity index (χ0) is 11.7. The fraction of sp³-hybridized carbons (Fsp3) is 0.250. The summed E-state index contributed by atoms with van der Waals surface area (Å²) >= 11 is 0. The van der Waals surface area contributed by atoms with E-state index in [-0.39, 0.29) is 0 Å². The lowest BCUT2D eigenvalue weighted by Crippen LogP contribution is -1.86. The van der Waals surface area contributed by atoms with Gasteiger partial charge in [0, 0.05) is 0 Å². The highest BCUT2D eigenvalue weighted by molar-refractivity contribution is 5.38. The molecule has 0 unspecified atom stereocenters. The van der Waals surface area contributed by atoms with Crippen LogP contribution in [0.5, 0.6) is 5.75 Å². The van der Waals surface area contributed by atoms with Crippen LogP contribution in [0, 0.1) is 6.07 Å². The zero-order valence-electron chi connectivity index (χ0n) is 9.89. The van der Waals surface area contributed by atoms with Crippen molar-refractivity contribution in [2.24, 2.45) is 0 Å². The largest absolute Gasteiger partial charge is 0.497 e. The first-order valence-electron chi connectivity index (χ1n) is 5.99. The third-order valence-electron chi connectivity index (χ3n) is 3.47. The van der Waals surface area contributed by atoms with Crippen LogP contribution in [0.1, 0.15) is 29.4 Å². The van der Waals surface area contributed by atoms with E-state index in [1.807, 2.05) is 24.3 Å². The van der Waals surface area contributed by atoms with Gasteiger partial charge in [0.25, 0.3) is 0 Å². The number of ether oxygens (including phenoxy) is 1. The first-order chi connectivity index (χ1) is 8.38. The molecule has 1 fully saturated rings. The smallest absolute Gasteiger partial charge is 0.118 e. The summed E-state index contributed by atoms with van der Waals surface area (Å²) in [6.07, 6.45) is 1.24. The van der Waals surface area contributed by atoms with Crippen molar-refractivity contribution in [1.82, 2.24) is 0 Å². The highest BCUT2D eigenvalue weighted by Crippen LogP contribution is 2.54. The highest BCUT2D eigenvalue weighted by atomic mass is 16.5. The van der Waals surface area contributed by atoms with Crippen LogP contribution < -0.4 is 4.74 Å². The van der Waals surface area contributed by atoms with Gasteiger partial charge in [-0.15, -0.1) is 0 Å². The molecule has 2 aromatic rings. The fourth-order valence-corrected chi connectivity index (χ4v) is 2.40. The molecule has 17 heavy (non-hydrogen) atoms. The van der Waals surface area contributed by atoms with Crippen molar-refractivity contribution in [3.63, 3.8) is 0 Å². The summed E-state index contributed by atoms with van der Waals surface area (Å²) in [6, 6.07) is 20.0. The lowest BCUT2D eigenvalue weighted by atomic mass is 10.0. The molecule has 1 heteroatoms. The number of hydrogen-bond acceptors (Lipinski definition) is 1. The Morgan fingerprint density at radius 3 is 2.53 bits per heavy atom. The van der Waals surface area contributed by atoms with E-state index in [9.17, 15) is 0 Å². The second-order valence-electron chi connectivity index (χ2n) is 4.54. The molecule has 0 aromatic heterocycles. The Balaban J connectivity index is 1.76. The van der Waals surface area contributed by atoms with E-state index in [0.29, 0.717) is 11.8 Å². The third-order valence-corrected chi connectivity index (χ3v) is 3.47. The maximum absolute atomic E-state index is 5.17. The number of hydrogen-bond donors (Lipinski definition) is 0. The Bertz CT molecular complexity index is 487. The van der Waals surface area contributed by atoms with Gasteiger partial charge in [0.05, 0.1) is 7.11 Å². The molecule has 1 aliphatic rings. The van der Waals surface area contributed by atoms with Crippen LogP contribution in [-0.4, -0.2) is 7.11 Å². The van der Waals surface area contributed by atoms with E-state index in [4.69, 9.17) is 4.74 Å². The molecule has 0 N–H and O–H groups in total. The predicted molar refractivity (Wildman–Crippen MR) is 68.4 cm³/mol. The van der Waals surface area contributed by atoms with E-state index in [1.165, 1.54) is 17.5 Å². The summed E-state index contributed by atoms with van der Waals surface area (Å²) in [5.41, 5.74) is 2.75. The summed E-state index contributed by atoms with van der Waals surface area (Å²) in [5.74, 6) is 2.25. The van der Waals surface area contributed by atoms with Crippen molar-refractivity contribution >= 4 is 0 Å². The third kappa shape index (κ3) is 2.05. The second kappa shape index (κ2) is 4.25. The maximum atomic E-state index is 5.17. The maximum Gasteiger partial charge on any atom is 0.118 e. The second-order valence-corrected chi connectivity index (χ2v) is 4.54.